The van der Waals surface area contributed by atoms with E-state index in [1.165, 1.54) is 11.3 Å². The van der Waals surface area contributed by atoms with E-state index in [0.717, 1.165) is 44.0 Å². The molecule has 2 aromatic carbocycles. The van der Waals surface area contributed by atoms with Crippen molar-refractivity contribution in [2.24, 2.45) is 0 Å². The van der Waals surface area contributed by atoms with E-state index in [4.69, 9.17) is 14.0 Å². The van der Waals surface area contributed by atoms with Crippen molar-refractivity contribution in [2.45, 2.75) is 12.8 Å². The lowest BCUT2D eigenvalue weighted by molar-refractivity contribution is 0.122. The highest BCUT2D eigenvalue weighted by Gasteiger charge is 2.13. The van der Waals surface area contributed by atoms with E-state index in [2.05, 4.69) is 39.3 Å². The summed E-state index contributed by atoms with van der Waals surface area (Å²) < 4.78 is 16.0. The average Bonchev–Trinajstić information content (AvgIpc) is 3.22. The summed E-state index contributed by atoms with van der Waals surface area (Å²) in [6.07, 6.45) is 1.56. The molecule has 3 aromatic rings. The summed E-state index contributed by atoms with van der Waals surface area (Å²) in [5.74, 6) is 2.14. The van der Waals surface area contributed by atoms with Gasteiger partial charge in [0.1, 0.15) is 5.75 Å². The van der Waals surface area contributed by atoms with E-state index in [1.807, 2.05) is 24.3 Å². The Balaban J connectivity index is 1.38. The Bertz CT molecular complexity index is 853. The zero-order chi connectivity index (χ0) is 18.5. The number of hydrogen-bond donors (Lipinski definition) is 0. The van der Waals surface area contributed by atoms with Crippen LogP contribution in [0.25, 0.3) is 11.4 Å². The number of ether oxygens (including phenoxy) is 2. The smallest absolute Gasteiger partial charge is 0.227 e. The van der Waals surface area contributed by atoms with E-state index in [0.29, 0.717) is 18.1 Å². The summed E-state index contributed by atoms with van der Waals surface area (Å²) in [5, 5.41) is 4.13. The summed E-state index contributed by atoms with van der Waals surface area (Å²) >= 11 is 0. The molecule has 2 heterocycles. The van der Waals surface area contributed by atoms with Gasteiger partial charge in [-0.2, -0.15) is 4.98 Å². The standard InChI is InChI=1S/C21H23N3O3/c1-25-19-9-2-16(3-10-19)4-11-20-22-21(23-27-20)17-5-7-18(8-6-17)24-12-14-26-15-13-24/h2-3,5-10H,4,11-15H2,1H3. The van der Waals surface area contributed by atoms with E-state index in [1.54, 1.807) is 7.11 Å². The van der Waals surface area contributed by atoms with Crippen LogP contribution in [0.15, 0.2) is 53.1 Å². The molecule has 27 heavy (non-hydrogen) atoms. The Hall–Kier alpha value is -2.86. The topological polar surface area (TPSA) is 60.6 Å². The van der Waals surface area contributed by atoms with Crippen LogP contribution in [0.3, 0.4) is 0 Å². The number of aromatic nitrogens is 2. The van der Waals surface area contributed by atoms with Crippen LogP contribution in [-0.2, 0) is 17.6 Å². The number of hydrogen-bond acceptors (Lipinski definition) is 6. The minimum atomic E-state index is 0.633. The summed E-state index contributed by atoms with van der Waals surface area (Å²) in [7, 11) is 1.67. The third-order valence-electron chi connectivity index (χ3n) is 4.76. The van der Waals surface area contributed by atoms with Gasteiger partial charge in [0.2, 0.25) is 11.7 Å². The highest BCUT2D eigenvalue weighted by atomic mass is 16.5. The molecular formula is C21H23N3O3. The molecule has 0 bridgehead atoms. The molecule has 1 aromatic heterocycles. The first kappa shape index (κ1) is 17.5. The van der Waals surface area contributed by atoms with Gasteiger partial charge in [0, 0.05) is 30.8 Å². The fraction of sp³-hybridized carbons (Fsp3) is 0.333. The third-order valence-corrected chi connectivity index (χ3v) is 4.76. The van der Waals surface area contributed by atoms with Gasteiger partial charge in [0.05, 0.1) is 20.3 Å². The van der Waals surface area contributed by atoms with Crippen LogP contribution in [0, 0.1) is 0 Å². The van der Waals surface area contributed by atoms with Crippen LogP contribution in [0.1, 0.15) is 11.5 Å². The van der Waals surface area contributed by atoms with Gasteiger partial charge in [0.25, 0.3) is 0 Å². The molecule has 1 aliphatic heterocycles. The number of benzene rings is 2. The highest BCUT2D eigenvalue weighted by Crippen LogP contribution is 2.22. The Morgan fingerprint density at radius 3 is 2.41 bits per heavy atom. The number of nitrogens with zero attached hydrogens (tertiary/aromatic N) is 3. The molecule has 140 valence electrons. The molecule has 0 atom stereocenters. The zero-order valence-electron chi connectivity index (χ0n) is 15.4. The van der Waals surface area contributed by atoms with Crippen molar-refractivity contribution in [1.29, 1.82) is 0 Å². The van der Waals surface area contributed by atoms with E-state index in [9.17, 15) is 0 Å². The molecule has 0 N–H and O–H groups in total. The Kier molecular flexibility index (Phi) is 5.34. The second kappa shape index (κ2) is 8.22. The average molecular weight is 365 g/mol. The van der Waals surface area contributed by atoms with Crippen LogP contribution < -0.4 is 9.64 Å². The molecule has 4 rings (SSSR count). The molecular weight excluding hydrogens is 342 g/mol. The van der Waals surface area contributed by atoms with E-state index >= 15 is 0 Å². The SMILES string of the molecule is COc1ccc(CCc2nc(-c3ccc(N4CCOCC4)cc3)no2)cc1. The Morgan fingerprint density at radius 2 is 1.70 bits per heavy atom. The van der Waals surface area contributed by atoms with Gasteiger partial charge in [-0.3, -0.25) is 0 Å². The maximum atomic E-state index is 5.42. The Morgan fingerprint density at radius 1 is 0.963 bits per heavy atom. The molecule has 0 amide bonds. The van der Waals surface area contributed by atoms with Gasteiger partial charge in [-0.05, 0) is 48.4 Å². The second-order valence-corrected chi connectivity index (χ2v) is 6.51. The third kappa shape index (κ3) is 4.28. The molecule has 0 aliphatic carbocycles. The van der Waals surface area contributed by atoms with Crippen LogP contribution in [0.4, 0.5) is 5.69 Å². The van der Waals surface area contributed by atoms with E-state index < -0.39 is 0 Å². The van der Waals surface area contributed by atoms with Crippen LogP contribution in [-0.4, -0.2) is 43.6 Å². The van der Waals surface area contributed by atoms with Crippen molar-refractivity contribution < 1.29 is 14.0 Å². The summed E-state index contributed by atoms with van der Waals surface area (Å²) in [4.78, 5) is 6.86. The first-order valence-corrected chi connectivity index (χ1v) is 9.20. The van der Waals surface area contributed by atoms with Crippen molar-refractivity contribution in [1.82, 2.24) is 10.1 Å². The fourth-order valence-electron chi connectivity index (χ4n) is 3.16. The largest absolute Gasteiger partial charge is 0.497 e. The summed E-state index contributed by atoms with van der Waals surface area (Å²) in [6.45, 7) is 3.42. The number of rotatable bonds is 6. The fourth-order valence-corrected chi connectivity index (χ4v) is 3.16. The lowest BCUT2D eigenvalue weighted by atomic mass is 10.1. The van der Waals surface area contributed by atoms with Gasteiger partial charge in [0.15, 0.2) is 0 Å². The maximum Gasteiger partial charge on any atom is 0.227 e. The molecule has 1 aliphatic rings. The number of aryl methyl sites for hydroxylation is 2. The van der Waals surface area contributed by atoms with Crippen molar-refractivity contribution in [2.75, 3.05) is 38.3 Å². The van der Waals surface area contributed by atoms with Crippen molar-refractivity contribution >= 4 is 5.69 Å². The molecule has 0 spiro atoms. The molecule has 6 heteroatoms. The minimum absolute atomic E-state index is 0.633. The normalized spacial score (nSPS) is 14.3. The molecule has 1 fully saturated rings. The van der Waals surface area contributed by atoms with Gasteiger partial charge < -0.3 is 18.9 Å². The summed E-state index contributed by atoms with van der Waals surface area (Å²) in [5.41, 5.74) is 3.38. The highest BCUT2D eigenvalue weighted by molar-refractivity contribution is 5.60. The van der Waals surface area contributed by atoms with Gasteiger partial charge >= 0.3 is 0 Å². The zero-order valence-corrected chi connectivity index (χ0v) is 15.4. The predicted molar refractivity (Wildman–Crippen MR) is 103 cm³/mol. The van der Waals surface area contributed by atoms with Crippen LogP contribution >= 0.6 is 0 Å². The number of methoxy groups -OCH3 is 1. The van der Waals surface area contributed by atoms with Crippen molar-refractivity contribution in [3.8, 4) is 17.1 Å². The summed E-state index contributed by atoms with van der Waals surface area (Å²) in [6, 6.07) is 16.3. The molecule has 0 saturated carbocycles. The monoisotopic (exact) mass is 365 g/mol. The Labute approximate surface area is 158 Å². The minimum Gasteiger partial charge on any atom is -0.497 e. The predicted octanol–water partition coefficient (Wildman–Crippen LogP) is 3.37. The molecule has 0 radical (unpaired) electrons. The van der Waals surface area contributed by atoms with Gasteiger partial charge in [-0.15, -0.1) is 0 Å². The van der Waals surface area contributed by atoms with Crippen molar-refractivity contribution in [3.05, 3.63) is 60.0 Å². The lowest BCUT2D eigenvalue weighted by Gasteiger charge is -2.28. The first-order valence-electron chi connectivity index (χ1n) is 9.20. The molecule has 0 unspecified atom stereocenters. The van der Waals surface area contributed by atoms with E-state index in [-0.39, 0.29) is 0 Å². The van der Waals surface area contributed by atoms with Crippen molar-refractivity contribution in [3.63, 3.8) is 0 Å². The maximum absolute atomic E-state index is 5.42. The van der Waals surface area contributed by atoms with Crippen LogP contribution in [0.2, 0.25) is 0 Å². The van der Waals surface area contributed by atoms with Gasteiger partial charge in [-0.25, -0.2) is 0 Å². The number of anilines is 1. The second-order valence-electron chi connectivity index (χ2n) is 6.51. The first-order chi connectivity index (χ1) is 13.3. The van der Waals surface area contributed by atoms with Crippen LogP contribution in [0.5, 0.6) is 5.75 Å². The number of morpholine rings is 1. The van der Waals surface area contributed by atoms with Gasteiger partial charge in [-0.1, -0.05) is 17.3 Å². The lowest BCUT2D eigenvalue weighted by Crippen LogP contribution is -2.36. The quantitative estimate of drug-likeness (QED) is 0.667. The molecule has 6 nitrogen and oxygen atoms in total. The molecule has 1 saturated heterocycles.